The fourth-order valence-corrected chi connectivity index (χ4v) is 2.07. The van der Waals surface area contributed by atoms with Gasteiger partial charge in [0.1, 0.15) is 6.07 Å². The van der Waals surface area contributed by atoms with Crippen molar-refractivity contribution in [3.63, 3.8) is 0 Å². The van der Waals surface area contributed by atoms with E-state index in [2.05, 4.69) is 15.9 Å². The summed E-state index contributed by atoms with van der Waals surface area (Å²) < 4.78 is 4.95. The molecule has 0 atom stereocenters. The lowest BCUT2D eigenvalue weighted by molar-refractivity contribution is 0.0525. The molecule has 0 heterocycles. The van der Waals surface area contributed by atoms with Gasteiger partial charge in [-0.05, 0) is 31.0 Å². The zero-order valence-electron chi connectivity index (χ0n) is 9.21. The Kier molecular flexibility index (Phi) is 4.51. The predicted molar refractivity (Wildman–Crippen MR) is 64.5 cm³/mol. The van der Waals surface area contributed by atoms with E-state index in [1.807, 2.05) is 19.1 Å². The van der Waals surface area contributed by atoms with Gasteiger partial charge in [0, 0.05) is 5.33 Å². The van der Waals surface area contributed by atoms with Crippen molar-refractivity contribution in [2.45, 2.75) is 19.2 Å². The van der Waals surface area contributed by atoms with Crippen LogP contribution >= 0.6 is 15.9 Å². The summed E-state index contributed by atoms with van der Waals surface area (Å²) in [5.74, 6) is -0.431. The molecule has 0 aromatic heterocycles. The highest BCUT2D eigenvalue weighted by Gasteiger charge is 2.17. The number of hydrogen-bond acceptors (Lipinski definition) is 3. The number of hydrogen-bond donors (Lipinski definition) is 0. The van der Waals surface area contributed by atoms with Crippen LogP contribution in [0.5, 0.6) is 0 Å². The van der Waals surface area contributed by atoms with E-state index in [-0.39, 0.29) is 0 Å². The lowest BCUT2D eigenvalue weighted by Crippen LogP contribution is -2.10. The molecular formula is C12H12BrNO2. The van der Waals surface area contributed by atoms with E-state index >= 15 is 0 Å². The SMILES string of the molecule is CCOC(=O)c1c(C#N)ccc(CBr)c1C. The van der Waals surface area contributed by atoms with E-state index in [0.29, 0.717) is 23.1 Å². The molecule has 0 saturated heterocycles. The minimum Gasteiger partial charge on any atom is -0.462 e. The number of alkyl halides is 1. The van der Waals surface area contributed by atoms with Crippen LogP contribution < -0.4 is 0 Å². The third kappa shape index (κ3) is 2.42. The fourth-order valence-electron chi connectivity index (χ4n) is 1.46. The second-order valence-electron chi connectivity index (χ2n) is 3.24. The number of nitriles is 1. The largest absolute Gasteiger partial charge is 0.462 e. The minimum absolute atomic E-state index is 0.307. The second-order valence-corrected chi connectivity index (χ2v) is 3.80. The van der Waals surface area contributed by atoms with Crippen molar-refractivity contribution >= 4 is 21.9 Å². The number of carbonyl (C=O) groups is 1. The average molecular weight is 282 g/mol. The van der Waals surface area contributed by atoms with Gasteiger partial charge in [-0.25, -0.2) is 4.79 Å². The molecule has 1 aromatic rings. The molecule has 0 aliphatic heterocycles. The normalized spacial score (nSPS) is 9.62. The molecule has 16 heavy (non-hydrogen) atoms. The Bertz CT molecular complexity index is 449. The number of halogens is 1. The Labute approximate surface area is 103 Å². The maximum Gasteiger partial charge on any atom is 0.339 e. The molecule has 0 amide bonds. The number of rotatable bonds is 3. The summed E-state index contributed by atoms with van der Waals surface area (Å²) in [6.07, 6.45) is 0. The molecule has 0 N–H and O–H groups in total. The van der Waals surface area contributed by atoms with Crippen LogP contribution in [-0.4, -0.2) is 12.6 Å². The molecule has 0 radical (unpaired) electrons. The molecule has 1 rings (SSSR count). The highest BCUT2D eigenvalue weighted by molar-refractivity contribution is 9.08. The van der Waals surface area contributed by atoms with Crippen LogP contribution in [0.2, 0.25) is 0 Å². The van der Waals surface area contributed by atoms with Gasteiger partial charge in [0.25, 0.3) is 0 Å². The fraction of sp³-hybridized carbons (Fsp3) is 0.333. The van der Waals surface area contributed by atoms with Crippen LogP contribution in [0, 0.1) is 18.3 Å². The molecule has 0 spiro atoms. The minimum atomic E-state index is -0.431. The topological polar surface area (TPSA) is 50.1 Å². The molecule has 3 nitrogen and oxygen atoms in total. The standard InChI is InChI=1S/C12H12BrNO2/c1-3-16-12(15)11-8(2)9(6-13)4-5-10(11)7-14/h4-5H,3,6H2,1-2H3. The van der Waals surface area contributed by atoms with Gasteiger partial charge in [0.15, 0.2) is 0 Å². The Morgan fingerprint density at radius 2 is 2.25 bits per heavy atom. The first-order chi connectivity index (χ1) is 7.65. The van der Waals surface area contributed by atoms with Crippen LogP contribution in [0.1, 0.15) is 34.0 Å². The Balaban J connectivity index is 3.33. The summed E-state index contributed by atoms with van der Waals surface area (Å²) in [5.41, 5.74) is 2.53. The van der Waals surface area contributed by atoms with Crippen LogP contribution in [0.15, 0.2) is 12.1 Å². The van der Waals surface area contributed by atoms with Crippen LogP contribution in [0.4, 0.5) is 0 Å². The van der Waals surface area contributed by atoms with Crippen molar-refractivity contribution in [2.75, 3.05) is 6.61 Å². The summed E-state index contributed by atoms with van der Waals surface area (Å²) >= 11 is 3.34. The monoisotopic (exact) mass is 281 g/mol. The highest BCUT2D eigenvalue weighted by Crippen LogP contribution is 2.21. The zero-order valence-corrected chi connectivity index (χ0v) is 10.8. The summed E-state index contributed by atoms with van der Waals surface area (Å²) in [4.78, 5) is 11.7. The average Bonchev–Trinajstić information content (AvgIpc) is 2.28. The van der Waals surface area contributed by atoms with Gasteiger partial charge in [-0.2, -0.15) is 5.26 Å². The third-order valence-corrected chi connectivity index (χ3v) is 2.93. The van der Waals surface area contributed by atoms with E-state index in [1.54, 1.807) is 13.0 Å². The zero-order chi connectivity index (χ0) is 12.1. The van der Waals surface area contributed by atoms with Gasteiger partial charge >= 0.3 is 5.97 Å². The molecule has 1 aromatic carbocycles. The van der Waals surface area contributed by atoms with Gasteiger partial charge in [0.2, 0.25) is 0 Å². The van der Waals surface area contributed by atoms with Crippen molar-refractivity contribution in [3.8, 4) is 6.07 Å². The number of ether oxygens (including phenoxy) is 1. The van der Waals surface area contributed by atoms with E-state index < -0.39 is 5.97 Å². The van der Waals surface area contributed by atoms with Crippen molar-refractivity contribution in [1.82, 2.24) is 0 Å². The first-order valence-electron chi connectivity index (χ1n) is 4.91. The van der Waals surface area contributed by atoms with Crippen molar-refractivity contribution < 1.29 is 9.53 Å². The first-order valence-corrected chi connectivity index (χ1v) is 6.03. The molecule has 0 aliphatic carbocycles. The number of benzene rings is 1. The maximum atomic E-state index is 11.7. The highest BCUT2D eigenvalue weighted by atomic mass is 79.9. The summed E-state index contributed by atoms with van der Waals surface area (Å²) in [7, 11) is 0. The second kappa shape index (κ2) is 5.66. The molecule has 0 aliphatic rings. The quantitative estimate of drug-likeness (QED) is 0.632. The number of esters is 1. The summed E-state index contributed by atoms with van der Waals surface area (Å²) in [5, 5.41) is 9.60. The molecular weight excluding hydrogens is 270 g/mol. The van der Waals surface area contributed by atoms with E-state index in [1.165, 1.54) is 0 Å². The van der Waals surface area contributed by atoms with Crippen LogP contribution in [0.3, 0.4) is 0 Å². The van der Waals surface area contributed by atoms with Gasteiger partial charge in [0.05, 0.1) is 17.7 Å². The summed E-state index contributed by atoms with van der Waals surface area (Å²) in [6.45, 7) is 3.87. The van der Waals surface area contributed by atoms with Gasteiger partial charge in [-0.3, -0.25) is 0 Å². The molecule has 0 fully saturated rings. The molecule has 0 bridgehead atoms. The van der Waals surface area contributed by atoms with Crippen LogP contribution in [0.25, 0.3) is 0 Å². The Hall–Kier alpha value is -1.34. The molecule has 4 heteroatoms. The van der Waals surface area contributed by atoms with Crippen molar-refractivity contribution in [2.24, 2.45) is 0 Å². The van der Waals surface area contributed by atoms with E-state index in [4.69, 9.17) is 10.00 Å². The number of nitrogens with zero attached hydrogens (tertiary/aromatic N) is 1. The van der Waals surface area contributed by atoms with Gasteiger partial charge in [-0.15, -0.1) is 0 Å². The van der Waals surface area contributed by atoms with Crippen molar-refractivity contribution in [3.05, 3.63) is 34.4 Å². The molecule has 84 valence electrons. The van der Waals surface area contributed by atoms with E-state index in [0.717, 1.165) is 11.1 Å². The summed E-state index contributed by atoms with van der Waals surface area (Å²) in [6, 6.07) is 5.50. The lowest BCUT2D eigenvalue weighted by Gasteiger charge is -2.10. The Morgan fingerprint density at radius 1 is 1.56 bits per heavy atom. The van der Waals surface area contributed by atoms with Crippen LogP contribution in [-0.2, 0) is 10.1 Å². The first kappa shape index (κ1) is 12.7. The molecule has 0 saturated carbocycles. The lowest BCUT2D eigenvalue weighted by atomic mass is 9.98. The Morgan fingerprint density at radius 3 is 2.75 bits per heavy atom. The third-order valence-electron chi connectivity index (χ3n) is 2.32. The van der Waals surface area contributed by atoms with Gasteiger partial charge in [-0.1, -0.05) is 22.0 Å². The van der Waals surface area contributed by atoms with E-state index in [9.17, 15) is 4.79 Å². The van der Waals surface area contributed by atoms with Gasteiger partial charge < -0.3 is 4.74 Å². The number of carbonyl (C=O) groups excluding carboxylic acids is 1. The maximum absolute atomic E-state index is 11.7. The smallest absolute Gasteiger partial charge is 0.339 e. The van der Waals surface area contributed by atoms with Crippen molar-refractivity contribution in [1.29, 1.82) is 5.26 Å². The predicted octanol–water partition coefficient (Wildman–Crippen LogP) is 2.94. The molecule has 0 unspecified atom stereocenters.